The molecule has 7 nitrogen and oxygen atoms in total. The molecule has 1 N–H and O–H groups in total. The van der Waals surface area contributed by atoms with Crippen molar-refractivity contribution in [3.05, 3.63) is 47.5 Å². The van der Waals surface area contributed by atoms with E-state index in [0.29, 0.717) is 37.8 Å². The zero-order valence-corrected chi connectivity index (χ0v) is 17.5. The van der Waals surface area contributed by atoms with E-state index in [1.54, 1.807) is 14.2 Å². The first-order chi connectivity index (χ1) is 14.7. The number of rotatable bonds is 7. The van der Waals surface area contributed by atoms with Gasteiger partial charge < -0.3 is 24.3 Å². The highest BCUT2D eigenvalue weighted by Gasteiger charge is 2.28. The Labute approximate surface area is 176 Å². The highest BCUT2D eigenvalue weighted by molar-refractivity contribution is 5.78. The van der Waals surface area contributed by atoms with Crippen molar-refractivity contribution in [3.63, 3.8) is 0 Å². The molecular weight excluding hydrogens is 384 g/mol. The van der Waals surface area contributed by atoms with E-state index in [1.807, 2.05) is 24.3 Å². The second kappa shape index (κ2) is 9.26. The summed E-state index contributed by atoms with van der Waals surface area (Å²) in [6.45, 7) is 2.88. The molecule has 0 aliphatic carbocycles. The number of nitrogens with zero attached hydrogens (tertiary/aromatic N) is 1. The Kier molecular flexibility index (Phi) is 6.28. The van der Waals surface area contributed by atoms with Crippen LogP contribution in [0.2, 0.25) is 0 Å². The maximum Gasteiger partial charge on any atom is 0.234 e. The molecule has 0 unspecified atom stereocenters. The lowest BCUT2D eigenvalue weighted by Gasteiger charge is -2.26. The Balaban J connectivity index is 1.36. The van der Waals surface area contributed by atoms with Gasteiger partial charge in [0.15, 0.2) is 23.0 Å². The van der Waals surface area contributed by atoms with Crippen LogP contribution < -0.4 is 24.3 Å². The van der Waals surface area contributed by atoms with Crippen molar-refractivity contribution in [3.8, 4) is 23.0 Å². The van der Waals surface area contributed by atoms with E-state index in [2.05, 4.69) is 22.3 Å². The summed E-state index contributed by atoms with van der Waals surface area (Å²) in [5.74, 6) is 2.93. The first-order valence-electron chi connectivity index (χ1n) is 10.3. The number of methoxy groups -OCH3 is 2. The minimum Gasteiger partial charge on any atom is -0.493 e. The van der Waals surface area contributed by atoms with Gasteiger partial charge in [0.1, 0.15) is 13.2 Å². The normalized spacial score (nSPS) is 18.1. The second-order valence-electron chi connectivity index (χ2n) is 7.50. The molecule has 2 aromatic carbocycles. The quantitative estimate of drug-likeness (QED) is 0.754. The van der Waals surface area contributed by atoms with Crippen molar-refractivity contribution in [1.29, 1.82) is 0 Å². The van der Waals surface area contributed by atoms with E-state index in [9.17, 15) is 4.79 Å². The van der Waals surface area contributed by atoms with E-state index < -0.39 is 0 Å². The molecule has 4 rings (SSSR count). The Morgan fingerprint density at radius 1 is 1.07 bits per heavy atom. The van der Waals surface area contributed by atoms with Crippen LogP contribution in [0.25, 0.3) is 0 Å². The van der Waals surface area contributed by atoms with Gasteiger partial charge in [0.25, 0.3) is 0 Å². The van der Waals surface area contributed by atoms with Crippen LogP contribution in [-0.2, 0) is 11.3 Å². The molecule has 2 aliphatic heterocycles. The molecule has 2 heterocycles. The van der Waals surface area contributed by atoms with Crippen LogP contribution in [0.5, 0.6) is 23.0 Å². The van der Waals surface area contributed by atoms with E-state index in [0.717, 1.165) is 36.4 Å². The fraction of sp³-hybridized carbons (Fsp3) is 0.435. The third kappa shape index (κ3) is 4.46. The number of benzene rings is 2. The Morgan fingerprint density at radius 2 is 1.87 bits per heavy atom. The number of amides is 1. The largest absolute Gasteiger partial charge is 0.493 e. The Hall–Kier alpha value is -2.93. The van der Waals surface area contributed by atoms with Crippen molar-refractivity contribution < 1.29 is 23.7 Å². The number of ether oxygens (including phenoxy) is 4. The van der Waals surface area contributed by atoms with E-state index in [-0.39, 0.29) is 11.9 Å². The fourth-order valence-corrected chi connectivity index (χ4v) is 4.09. The summed E-state index contributed by atoms with van der Waals surface area (Å²) in [5, 5.41) is 3.01. The number of nitrogens with one attached hydrogen (secondary N) is 1. The van der Waals surface area contributed by atoms with Gasteiger partial charge in [0, 0.05) is 12.6 Å². The van der Waals surface area contributed by atoms with Crippen molar-refractivity contribution in [2.75, 3.05) is 40.5 Å². The molecule has 1 atom stereocenters. The molecule has 0 saturated carbocycles. The third-order valence-electron chi connectivity index (χ3n) is 5.60. The zero-order chi connectivity index (χ0) is 20.9. The molecule has 0 bridgehead atoms. The average molecular weight is 412 g/mol. The lowest BCUT2D eigenvalue weighted by Crippen LogP contribution is -2.36. The molecule has 0 aromatic heterocycles. The number of hydrogen-bond acceptors (Lipinski definition) is 6. The standard InChI is InChI=1S/C23H28N2O5/c1-27-19-7-5-16(12-21(19)28-2)14-24-23(26)15-25-9-3-4-18(25)17-6-8-20-22(13-17)30-11-10-29-20/h5-8,12-13,18H,3-4,9-11,14-15H2,1-2H3,(H,24,26)/t18-/m0/s1. The van der Waals surface area contributed by atoms with E-state index in [4.69, 9.17) is 18.9 Å². The first kappa shape index (κ1) is 20.3. The second-order valence-corrected chi connectivity index (χ2v) is 7.50. The van der Waals surface area contributed by atoms with Crippen LogP contribution in [0.4, 0.5) is 0 Å². The molecule has 1 saturated heterocycles. The number of carbonyl (C=O) groups is 1. The molecular formula is C23H28N2O5. The SMILES string of the molecule is COc1ccc(CNC(=O)CN2CCC[C@H]2c2ccc3c(c2)OCCO3)cc1OC. The molecule has 0 radical (unpaired) electrons. The van der Waals surface area contributed by atoms with Gasteiger partial charge in [0.05, 0.1) is 20.8 Å². The molecule has 160 valence electrons. The summed E-state index contributed by atoms with van der Waals surface area (Å²) in [6, 6.07) is 12.0. The summed E-state index contributed by atoms with van der Waals surface area (Å²) in [7, 11) is 3.21. The summed E-state index contributed by atoms with van der Waals surface area (Å²) in [4.78, 5) is 14.8. The summed E-state index contributed by atoms with van der Waals surface area (Å²) < 4.78 is 21.9. The van der Waals surface area contributed by atoms with Gasteiger partial charge in [-0.15, -0.1) is 0 Å². The number of likely N-dealkylation sites (tertiary alicyclic amines) is 1. The summed E-state index contributed by atoms with van der Waals surface area (Å²) in [6.07, 6.45) is 2.10. The van der Waals surface area contributed by atoms with Crippen molar-refractivity contribution >= 4 is 5.91 Å². The Bertz CT molecular complexity index is 901. The van der Waals surface area contributed by atoms with Crippen molar-refractivity contribution in [2.45, 2.75) is 25.4 Å². The minimum atomic E-state index is 0.00854. The van der Waals surface area contributed by atoms with Crippen molar-refractivity contribution in [1.82, 2.24) is 10.2 Å². The summed E-state index contributed by atoms with van der Waals surface area (Å²) >= 11 is 0. The van der Waals surface area contributed by atoms with Crippen LogP contribution in [-0.4, -0.2) is 51.3 Å². The first-order valence-corrected chi connectivity index (χ1v) is 10.3. The van der Waals surface area contributed by atoms with Crippen molar-refractivity contribution in [2.24, 2.45) is 0 Å². The Morgan fingerprint density at radius 3 is 2.67 bits per heavy atom. The van der Waals surface area contributed by atoms with Crippen LogP contribution in [0, 0.1) is 0 Å². The molecule has 1 fully saturated rings. The van der Waals surface area contributed by atoms with Gasteiger partial charge >= 0.3 is 0 Å². The molecule has 1 amide bonds. The van der Waals surface area contributed by atoms with Crippen LogP contribution in [0.1, 0.15) is 30.0 Å². The zero-order valence-electron chi connectivity index (χ0n) is 17.5. The van der Waals surface area contributed by atoms with E-state index >= 15 is 0 Å². The maximum atomic E-state index is 12.6. The monoisotopic (exact) mass is 412 g/mol. The topological polar surface area (TPSA) is 69.3 Å². The smallest absolute Gasteiger partial charge is 0.234 e. The van der Waals surface area contributed by atoms with E-state index in [1.165, 1.54) is 5.56 Å². The fourth-order valence-electron chi connectivity index (χ4n) is 4.09. The molecule has 0 spiro atoms. The van der Waals surface area contributed by atoms with Gasteiger partial charge in [-0.3, -0.25) is 9.69 Å². The highest BCUT2D eigenvalue weighted by Crippen LogP contribution is 2.37. The van der Waals surface area contributed by atoms with Gasteiger partial charge in [-0.05, 0) is 54.8 Å². The van der Waals surface area contributed by atoms with Gasteiger partial charge in [-0.2, -0.15) is 0 Å². The number of hydrogen-bond donors (Lipinski definition) is 1. The van der Waals surface area contributed by atoms with Gasteiger partial charge in [-0.1, -0.05) is 12.1 Å². The van der Waals surface area contributed by atoms with Crippen LogP contribution in [0.3, 0.4) is 0 Å². The maximum absolute atomic E-state index is 12.6. The molecule has 2 aliphatic rings. The highest BCUT2D eigenvalue weighted by atomic mass is 16.6. The summed E-state index contributed by atoms with van der Waals surface area (Å²) in [5.41, 5.74) is 2.13. The number of carbonyl (C=O) groups excluding carboxylic acids is 1. The van der Waals surface area contributed by atoms with Gasteiger partial charge in [-0.25, -0.2) is 0 Å². The molecule has 2 aromatic rings. The molecule has 30 heavy (non-hydrogen) atoms. The minimum absolute atomic E-state index is 0.00854. The number of fused-ring (bicyclic) bond motifs is 1. The van der Waals surface area contributed by atoms with Crippen LogP contribution in [0.15, 0.2) is 36.4 Å². The lowest BCUT2D eigenvalue weighted by atomic mass is 10.0. The predicted octanol–water partition coefficient (Wildman–Crippen LogP) is 2.93. The van der Waals surface area contributed by atoms with Crippen LogP contribution >= 0.6 is 0 Å². The third-order valence-corrected chi connectivity index (χ3v) is 5.60. The van der Waals surface area contributed by atoms with Gasteiger partial charge in [0.2, 0.25) is 5.91 Å². The lowest BCUT2D eigenvalue weighted by molar-refractivity contribution is -0.122. The molecule has 7 heteroatoms. The predicted molar refractivity (Wildman–Crippen MR) is 112 cm³/mol. The average Bonchev–Trinajstić information content (AvgIpc) is 3.25.